The SMILES string of the molecule is C=C[Si](C=C)(O[Si](C)(C)C)O[Si](C=C)(C=C)O[Si](C)(C)C. The van der Waals surface area contributed by atoms with Crippen molar-refractivity contribution in [3.05, 3.63) is 49.1 Å². The van der Waals surface area contributed by atoms with Crippen LogP contribution < -0.4 is 0 Å². The standard InChI is InChI=1S/C14H30O3Si4/c1-11-20(12-2,15-18(5,6)7)17-21(13-3,14-4)16-19(8,9)10/h11-14H,1-4H2,5-10H3. The highest BCUT2D eigenvalue weighted by atomic mass is 28.5. The van der Waals surface area contributed by atoms with Crippen LogP contribution in [0.1, 0.15) is 0 Å². The van der Waals surface area contributed by atoms with Gasteiger partial charge in [0.1, 0.15) is 0 Å². The summed E-state index contributed by atoms with van der Waals surface area (Å²) in [6.07, 6.45) is 0. The predicted octanol–water partition coefficient (Wildman–Crippen LogP) is 4.49. The van der Waals surface area contributed by atoms with Crippen LogP contribution in [-0.4, -0.2) is 33.8 Å². The molecule has 0 aliphatic carbocycles. The maximum absolute atomic E-state index is 6.41. The van der Waals surface area contributed by atoms with Gasteiger partial charge in [-0.15, -0.1) is 26.3 Å². The van der Waals surface area contributed by atoms with Crippen molar-refractivity contribution >= 4 is 33.8 Å². The van der Waals surface area contributed by atoms with Crippen LogP contribution in [0.3, 0.4) is 0 Å². The van der Waals surface area contributed by atoms with Crippen molar-refractivity contribution in [1.29, 1.82) is 0 Å². The van der Waals surface area contributed by atoms with E-state index in [0.717, 1.165) is 0 Å². The molecule has 0 N–H and O–H groups in total. The van der Waals surface area contributed by atoms with Gasteiger partial charge < -0.3 is 12.3 Å². The van der Waals surface area contributed by atoms with Gasteiger partial charge in [0.25, 0.3) is 0 Å². The smallest absolute Gasteiger partial charge is 0.372 e. The van der Waals surface area contributed by atoms with Crippen molar-refractivity contribution in [2.75, 3.05) is 0 Å². The first-order valence-corrected chi connectivity index (χ1v) is 17.8. The summed E-state index contributed by atoms with van der Waals surface area (Å²) in [6.45, 7) is 28.4. The molecular weight excluding hydrogens is 328 g/mol. The van der Waals surface area contributed by atoms with Gasteiger partial charge in [-0.3, -0.25) is 0 Å². The van der Waals surface area contributed by atoms with Crippen LogP contribution in [0, 0.1) is 0 Å². The molecule has 0 aromatic carbocycles. The van der Waals surface area contributed by atoms with E-state index in [1.165, 1.54) is 0 Å². The highest BCUT2D eigenvalue weighted by molar-refractivity contribution is 6.97. The Hall–Kier alpha value is -0.292. The molecule has 0 aliphatic rings. The molecule has 0 aliphatic heterocycles. The lowest BCUT2D eigenvalue weighted by atomic mass is 11.2. The topological polar surface area (TPSA) is 27.7 Å². The van der Waals surface area contributed by atoms with Crippen molar-refractivity contribution in [2.45, 2.75) is 39.3 Å². The summed E-state index contributed by atoms with van der Waals surface area (Å²) in [5.74, 6) is 0. The first kappa shape index (κ1) is 20.7. The summed E-state index contributed by atoms with van der Waals surface area (Å²) in [5, 5.41) is 0. The second-order valence-electron chi connectivity index (χ2n) is 6.79. The normalized spacial score (nSPS) is 13.6. The van der Waals surface area contributed by atoms with E-state index >= 15 is 0 Å². The van der Waals surface area contributed by atoms with Gasteiger partial charge in [0.15, 0.2) is 16.6 Å². The van der Waals surface area contributed by atoms with Gasteiger partial charge >= 0.3 is 17.1 Å². The van der Waals surface area contributed by atoms with E-state index in [1.54, 1.807) is 22.8 Å². The second kappa shape index (κ2) is 7.31. The molecule has 120 valence electrons. The maximum Gasteiger partial charge on any atom is 0.372 e. The van der Waals surface area contributed by atoms with Gasteiger partial charge in [-0.05, 0) is 62.1 Å². The molecular formula is C14H30O3Si4. The third-order valence-corrected chi connectivity index (χ3v) is 14.7. The zero-order valence-electron chi connectivity index (χ0n) is 14.4. The molecule has 0 bridgehead atoms. The molecule has 0 heterocycles. The summed E-state index contributed by atoms with van der Waals surface area (Å²) in [5.41, 5.74) is 7.06. The van der Waals surface area contributed by atoms with Crippen LogP contribution in [0.2, 0.25) is 39.3 Å². The molecule has 0 atom stereocenters. The molecule has 0 radical (unpaired) electrons. The fourth-order valence-electron chi connectivity index (χ4n) is 1.75. The third kappa shape index (κ3) is 7.00. The van der Waals surface area contributed by atoms with E-state index in [4.69, 9.17) is 12.3 Å². The molecule has 0 aromatic heterocycles. The van der Waals surface area contributed by atoms with E-state index in [-0.39, 0.29) is 0 Å². The summed E-state index contributed by atoms with van der Waals surface area (Å²) in [7, 11) is -9.13. The van der Waals surface area contributed by atoms with Crippen LogP contribution in [0.25, 0.3) is 0 Å². The minimum atomic E-state index is -2.75. The predicted molar refractivity (Wildman–Crippen MR) is 102 cm³/mol. The van der Waals surface area contributed by atoms with Gasteiger partial charge in [0.05, 0.1) is 0 Å². The minimum Gasteiger partial charge on any atom is -0.431 e. The zero-order valence-corrected chi connectivity index (χ0v) is 18.4. The van der Waals surface area contributed by atoms with E-state index in [2.05, 4.69) is 65.6 Å². The van der Waals surface area contributed by atoms with Gasteiger partial charge in [-0.1, -0.05) is 0 Å². The van der Waals surface area contributed by atoms with Crippen molar-refractivity contribution in [3.63, 3.8) is 0 Å². The Kier molecular flexibility index (Phi) is 7.21. The summed E-state index contributed by atoms with van der Waals surface area (Å²) < 4.78 is 19.0. The molecule has 0 spiro atoms. The summed E-state index contributed by atoms with van der Waals surface area (Å²) >= 11 is 0. The lowest BCUT2D eigenvalue weighted by molar-refractivity contribution is 0.351. The first-order valence-electron chi connectivity index (χ1n) is 7.01. The Bertz CT molecular complexity index is 353. The highest BCUT2D eigenvalue weighted by Crippen LogP contribution is 2.26. The zero-order chi connectivity index (χ0) is 16.9. The van der Waals surface area contributed by atoms with Crippen LogP contribution in [0.4, 0.5) is 0 Å². The largest absolute Gasteiger partial charge is 0.431 e. The maximum atomic E-state index is 6.41. The Balaban J connectivity index is 5.63. The van der Waals surface area contributed by atoms with E-state index in [0.29, 0.717) is 0 Å². The summed E-state index contributed by atoms with van der Waals surface area (Å²) in [4.78, 5) is 0. The molecule has 0 aromatic rings. The Morgan fingerprint density at radius 2 is 0.762 bits per heavy atom. The van der Waals surface area contributed by atoms with Crippen LogP contribution in [0.5, 0.6) is 0 Å². The van der Waals surface area contributed by atoms with Crippen molar-refractivity contribution in [3.8, 4) is 0 Å². The van der Waals surface area contributed by atoms with E-state index in [9.17, 15) is 0 Å². The molecule has 3 nitrogen and oxygen atoms in total. The number of rotatable bonds is 10. The van der Waals surface area contributed by atoms with Crippen LogP contribution in [-0.2, 0) is 12.3 Å². The quantitative estimate of drug-likeness (QED) is 0.538. The molecule has 21 heavy (non-hydrogen) atoms. The van der Waals surface area contributed by atoms with Crippen LogP contribution in [0.15, 0.2) is 49.1 Å². The van der Waals surface area contributed by atoms with Gasteiger partial charge in [-0.25, -0.2) is 0 Å². The minimum absolute atomic E-state index is 1.76. The van der Waals surface area contributed by atoms with Gasteiger partial charge in [0, 0.05) is 0 Å². The molecule has 0 amide bonds. The fourth-order valence-corrected chi connectivity index (χ4v) is 15.5. The molecule has 0 saturated heterocycles. The average Bonchev–Trinajstić information content (AvgIpc) is 2.33. The van der Waals surface area contributed by atoms with Crippen LogP contribution >= 0.6 is 0 Å². The van der Waals surface area contributed by atoms with Gasteiger partial charge in [-0.2, -0.15) is 0 Å². The molecule has 0 unspecified atom stereocenters. The van der Waals surface area contributed by atoms with Crippen molar-refractivity contribution in [2.24, 2.45) is 0 Å². The number of hydrogen-bond donors (Lipinski definition) is 0. The molecule has 0 saturated carbocycles. The average molecular weight is 359 g/mol. The lowest BCUT2D eigenvalue weighted by Crippen LogP contribution is -2.58. The monoisotopic (exact) mass is 358 g/mol. The fraction of sp³-hybridized carbons (Fsp3) is 0.429. The Labute approximate surface area is 134 Å². The molecule has 7 heteroatoms. The molecule has 0 fully saturated rings. The first-order chi connectivity index (χ1) is 9.36. The second-order valence-corrected chi connectivity index (χ2v) is 22.2. The third-order valence-electron chi connectivity index (χ3n) is 2.39. The van der Waals surface area contributed by atoms with Gasteiger partial charge in [0.2, 0.25) is 0 Å². The van der Waals surface area contributed by atoms with Crippen molar-refractivity contribution < 1.29 is 12.3 Å². The summed E-state index contributed by atoms with van der Waals surface area (Å²) in [6, 6.07) is 0. The van der Waals surface area contributed by atoms with E-state index in [1.807, 2.05) is 0 Å². The van der Waals surface area contributed by atoms with Crippen molar-refractivity contribution in [1.82, 2.24) is 0 Å². The number of hydrogen-bond acceptors (Lipinski definition) is 3. The lowest BCUT2D eigenvalue weighted by Gasteiger charge is -2.40. The Morgan fingerprint density at radius 3 is 0.905 bits per heavy atom. The highest BCUT2D eigenvalue weighted by Gasteiger charge is 2.46. The molecule has 0 rings (SSSR count). The van der Waals surface area contributed by atoms with E-state index < -0.39 is 33.8 Å². The Morgan fingerprint density at radius 1 is 0.524 bits per heavy atom.